The third-order valence-corrected chi connectivity index (χ3v) is 4.07. The molecule has 25 heavy (non-hydrogen) atoms. The van der Waals surface area contributed by atoms with Crippen LogP contribution in [0.25, 0.3) is 0 Å². The molecule has 1 aliphatic rings. The lowest BCUT2D eigenvalue weighted by Crippen LogP contribution is -2.47. The van der Waals surface area contributed by atoms with Crippen LogP contribution in [0.2, 0.25) is 0 Å². The quantitative estimate of drug-likeness (QED) is 0.803. The fourth-order valence-corrected chi connectivity index (χ4v) is 2.75. The maximum absolute atomic E-state index is 15.0. The average Bonchev–Trinajstić information content (AvgIpc) is 2.49. The molecule has 1 fully saturated rings. The highest BCUT2D eigenvalue weighted by atomic mass is 19.1. The summed E-state index contributed by atoms with van der Waals surface area (Å²) in [5.74, 6) is -1.86. The number of nitrogens with zero attached hydrogens (tertiary/aromatic N) is 2. The van der Waals surface area contributed by atoms with Gasteiger partial charge in [-0.15, -0.1) is 0 Å². The fraction of sp³-hybridized carbons (Fsp3) is 0.556. The lowest BCUT2D eigenvalue weighted by Gasteiger charge is -2.37. The van der Waals surface area contributed by atoms with Gasteiger partial charge in [0.05, 0.1) is 11.6 Å². The molecule has 0 N–H and O–H groups in total. The zero-order chi connectivity index (χ0) is 18.8. The molecule has 1 saturated heterocycles. The SMILES string of the molecule is CC(C)(C)OC(=O)N1CCC(F)(Cc2c(F)cc(C#N)cc2F)CC1. The Kier molecular flexibility index (Phi) is 5.31. The molecular formula is C18H21F3N2O2. The first-order chi connectivity index (χ1) is 11.5. The Morgan fingerprint density at radius 1 is 1.28 bits per heavy atom. The minimum Gasteiger partial charge on any atom is -0.444 e. The van der Waals surface area contributed by atoms with Crippen molar-refractivity contribution in [2.45, 2.75) is 51.3 Å². The van der Waals surface area contributed by atoms with Crippen LogP contribution >= 0.6 is 0 Å². The molecule has 0 aromatic heterocycles. The van der Waals surface area contributed by atoms with Crippen molar-refractivity contribution in [3.8, 4) is 6.07 Å². The number of amides is 1. The molecule has 2 rings (SSSR count). The van der Waals surface area contributed by atoms with Crippen LogP contribution in [0.3, 0.4) is 0 Å². The van der Waals surface area contributed by atoms with E-state index >= 15 is 0 Å². The number of ether oxygens (including phenoxy) is 1. The van der Waals surface area contributed by atoms with Crippen molar-refractivity contribution in [3.05, 3.63) is 34.9 Å². The first-order valence-electron chi connectivity index (χ1n) is 8.08. The van der Waals surface area contributed by atoms with Crippen LogP contribution in [0, 0.1) is 23.0 Å². The van der Waals surface area contributed by atoms with Crippen molar-refractivity contribution in [2.24, 2.45) is 0 Å². The van der Waals surface area contributed by atoms with E-state index in [9.17, 15) is 18.0 Å². The van der Waals surface area contributed by atoms with Crippen LogP contribution in [-0.2, 0) is 11.2 Å². The summed E-state index contributed by atoms with van der Waals surface area (Å²) in [6, 6.07) is 3.45. The molecule has 0 spiro atoms. The minimum absolute atomic E-state index is 0.0366. The van der Waals surface area contributed by atoms with E-state index in [0.29, 0.717) is 0 Å². The second-order valence-corrected chi connectivity index (χ2v) is 7.33. The first-order valence-corrected chi connectivity index (χ1v) is 8.08. The molecule has 0 unspecified atom stereocenters. The lowest BCUT2D eigenvalue weighted by atomic mass is 9.86. The van der Waals surface area contributed by atoms with Crippen molar-refractivity contribution in [1.29, 1.82) is 5.26 Å². The molecule has 0 aliphatic carbocycles. The molecule has 0 radical (unpaired) electrons. The summed E-state index contributed by atoms with van der Waals surface area (Å²) in [4.78, 5) is 13.4. The fourth-order valence-electron chi connectivity index (χ4n) is 2.75. The van der Waals surface area contributed by atoms with Crippen molar-refractivity contribution in [1.82, 2.24) is 4.90 Å². The number of carbonyl (C=O) groups is 1. The van der Waals surface area contributed by atoms with E-state index in [-0.39, 0.29) is 37.1 Å². The summed E-state index contributed by atoms with van der Waals surface area (Å²) in [5.41, 5.74) is -2.97. The van der Waals surface area contributed by atoms with E-state index in [4.69, 9.17) is 10.00 Å². The summed E-state index contributed by atoms with van der Waals surface area (Å²) in [6.07, 6.45) is -1.03. The van der Waals surface area contributed by atoms with Crippen LogP contribution in [0.1, 0.15) is 44.7 Å². The molecule has 1 aromatic rings. The van der Waals surface area contributed by atoms with Gasteiger partial charge in [0.2, 0.25) is 0 Å². The van der Waals surface area contributed by atoms with Gasteiger partial charge in [-0.25, -0.2) is 18.0 Å². The second kappa shape index (κ2) is 6.95. The molecule has 1 aliphatic heterocycles. The van der Waals surface area contributed by atoms with E-state index < -0.39 is 35.4 Å². The van der Waals surface area contributed by atoms with E-state index in [2.05, 4.69) is 0 Å². The number of benzene rings is 1. The van der Waals surface area contributed by atoms with Gasteiger partial charge < -0.3 is 9.64 Å². The maximum atomic E-state index is 15.0. The average molecular weight is 354 g/mol. The molecule has 1 amide bonds. The number of halogens is 3. The van der Waals surface area contributed by atoms with Crippen molar-refractivity contribution in [3.63, 3.8) is 0 Å². The van der Waals surface area contributed by atoms with Gasteiger partial charge >= 0.3 is 6.09 Å². The Morgan fingerprint density at radius 3 is 2.24 bits per heavy atom. The number of piperidine rings is 1. The number of nitriles is 1. The Labute approximate surface area is 145 Å². The predicted octanol–water partition coefficient (Wildman–Crippen LogP) is 4.12. The Bertz CT molecular complexity index is 676. The van der Waals surface area contributed by atoms with E-state index in [0.717, 1.165) is 12.1 Å². The molecular weight excluding hydrogens is 333 g/mol. The highest BCUT2D eigenvalue weighted by Gasteiger charge is 2.38. The Balaban J connectivity index is 2.04. The Morgan fingerprint density at radius 2 is 1.80 bits per heavy atom. The maximum Gasteiger partial charge on any atom is 0.410 e. The third-order valence-electron chi connectivity index (χ3n) is 4.07. The number of likely N-dealkylation sites (tertiary alicyclic amines) is 1. The van der Waals surface area contributed by atoms with Crippen molar-refractivity contribution in [2.75, 3.05) is 13.1 Å². The van der Waals surface area contributed by atoms with E-state index in [1.54, 1.807) is 26.8 Å². The molecule has 4 nitrogen and oxygen atoms in total. The molecule has 0 bridgehead atoms. The predicted molar refractivity (Wildman–Crippen MR) is 85.7 cm³/mol. The van der Waals surface area contributed by atoms with Crippen LogP contribution in [0.5, 0.6) is 0 Å². The van der Waals surface area contributed by atoms with Gasteiger partial charge in [0.1, 0.15) is 22.9 Å². The van der Waals surface area contributed by atoms with Crippen molar-refractivity contribution >= 4 is 6.09 Å². The summed E-state index contributed by atoms with van der Waals surface area (Å²) in [7, 11) is 0. The lowest BCUT2D eigenvalue weighted by molar-refractivity contribution is 0.00305. The van der Waals surface area contributed by atoms with Crippen LogP contribution in [-0.4, -0.2) is 35.4 Å². The number of hydrogen-bond donors (Lipinski definition) is 0. The van der Waals surface area contributed by atoms with Gasteiger partial charge in [-0.3, -0.25) is 0 Å². The number of alkyl halides is 1. The van der Waals surface area contributed by atoms with Gasteiger partial charge in [0.25, 0.3) is 0 Å². The molecule has 0 atom stereocenters. The summed E-state index contributed by atoms with van der Waals surface area (Å²) >= 11 is 0. The third kappa shape index (κ3) is 4.88. The Hall–Kier alpha value is -2.23. The number of hydrogen-bond acceptors (Lipinski definition) is 3. The number of carbonyl (C=O) groups excluding carboxylic acids is 1. The molecule has 7 heteroatoms. The minimum atomic E-state index is -1.81. The van der Waals surface area contributed by atoms with Gasteiger partial charge in [0, 0.05) is 25.1 Å². The summed E-state index contributed by atoms with van der Waals surface area (Å²) in [6.45, 7) is 5.45. The summed E-state index contributed by atoms with van der Waals surface area (Å²) < 4.78 is 48.2. The highest BCUT2D eigenvalue weighted by Crippen LogP contribution is 2.33. The zero-order valence-electron chi connectivity index (χ0n) is 14.5. The summed E-state index contributed by atoms with van der Waals surface area (Å²) in [5, 5.41) is 8.70. The second-order valence-electron chi connectivity index (χ2n) is 7.33. The van der Waals surface area contributed by atoms with Crippen LogP contribution in [0.4, 0.5) is 18.0 Å². The van der Waals surface area contributed by atoms with E-state index in [1.165, 1.54) is 4.90 Å². The highest BCUT2D eigenvalue weighted by molar-refractivity contribution is 5.68. The zero-order valence-corrected chi connectivity index (χ0v) is 14.5. The van der Waals surface area contributed by atoms with Gasteiger partial charge in [-0.2, -0.15) is 5.26 Å². The van der Waals surface area contributed by atoms with Crippen molar-refractivity contribution < 1.29 is 22.7 Å². The smallest absolute Gasteiger partial charge is 0.410 e. The van der Waals surface area contributed by atoms with Gasteiger partial charge in [-0.1, -0.05) is 0 Å². The molecule has 0 saturated carbocycles. The first kappa shape index (κ1) is 19.1. The van der Waals surface area contributed by atoms with Crippen LogP contribution in [0.15, 0.2) is 12.1 Å². The van der Waals surface area contributed by atoms with Gasteiger partial charge in [-0.05, 0) is 45.7 Å². The largest absolute Gasteiger partial charge is 0.444 e. The molecule has 136 valence electrons. The van der Waals surface area contributed by atoms with E-state index in [1.807, 2.05) is 0 Å². The normalized spacial score (nSPS) is 17.1. The topological polar surface area (TPSA) is 53.3 Å². The number of rotatable bonds is 2. The molecule has 1 heterocycles. The monoisotopic (exact) mass is 354 g/mol. The van der Waals surface area contributed by atoms with Gasteiger partial charge in [0.15, 0.2) is 0 Å². The van der Waals surface area contributed by atoms with Crippen LogP contribution < -0.4 is 0 Å². The molecule has 1 aromatic carbocycles. The standard InChI is InChI=1S/C18H21F3N2O2/c1-17(2,3)25-16(24)23-6-4-18(21,5-7-23)10-13-14(19)8-12(11-22)9-15(13)20/h8-9H,4-7,10H2,1-3H3.